The molecule has 0 unspecified atom stereocenters. The monoisotopic (exact) mass is 1080 g/mol. The summed E-state index contributed by atoms with van der Waals surface area (Å²) in [6.45, 7) is 8.67. The third kappa shape index (κ3) is 8.98. The Bertz CT molecular complexity index is 4500. The van der Waals surface area contributed by atoms with Crippen LogP contribution in [0.1, 0.15) is 22.3 Å². The molecule has 0 radical (unpaired) electrons. The van der Waals surface area contributed by atoms with Crippen LogP contribution in [0.2, 0.25) is 0 Å². The first-order valence-electron chi connectivity index (χ1n) is 28.4. The molecular formula is C76H54N8. The molecule has 15 aromatic rings. The van der Waals surface area contributed by atoms with E-state index in [1.165, 1.54) is 43.8 Å². The van der Waals surface area contributed by atoms with Gasteiger partial charge in [0.05, 0.1) is 33.4 Å². The quantitative estimate of drug-likeness (QED) is 0.136. The Morgan fingerprint density at radius 1 is 0.214 bits per heavy atom. The van der Waals surface area contributed by atoms with Crippen molar-refractivity contribution in [1.82, 2.24) is 39.0 Å². The van der Waals surface area contributed by atoms with Gasteiger partial charge in [-0.2, -0.15) is 0 Å². The van der Waals surface area contributed by atoms with Crippen LogP contribution in [0.5, 0.6) is 0 Å². The molecule has 0 saturated carbocycles. The summed E-state index contributed by atoms with van der Waals surface area (Å²) >= 11 is 0. The third-order valence-corrected chi connectivity index (χ3v) is 16.0. The van der Waals surface area contributed by atoms with Gasteiger partial charge in [-0.15, -0.1) is 0 Å². The van der Waals surface area contributed by atoms with Crippen LogP contribution < -0.4 is 0 Å². The van der Waals surface area contributed by atoms with E-state index in [0.717, 1.165) is 89.1 Å². The number of hydrogen-bond donors (Lipinski definition) is 0. The highest BCUT2D eigenvalue weighted by Gasteiger charge is 2.23. The van der Waals surface area contributed by atoms with Gasteiger partial charge in [-0.3, -0.25) is 0 Å². The lowest BCUT2D eigenvalue weighted by Gasteiger charge is -2.19. The van der Waals surface area contributed by atoms with Crippen molar-refractivity contribution in [3.05, 3.63) is 277 Å². The zero-order valence-corrected chi connectivity index (χ0v) is 46.8. The Morgan fingerprint density at radius 3 is 0.762 bits per heavy atom. The van der Waals surface area contributed by atoms with Crippen molar-refractivity contribution in [3.8, 4) is 102 Å². The highest BCUT2D eigenvalue weighted by Crippen LogP contribution is 2.43. The van der Waals surface area contributed by atoms with Gasteiger partial charge >= 0.3 is 0 Å². The van der Waals surface area contributed by atoms with Crippen LogP contribution in [0, 0.1) is 27.7 Å². The van der Waals surface area contributed by atoms with E-state index in [0.29, 0.717) is 34.9 Å². The minimum absolute atomic E-state index is 0.586. The van der Waals surface area contributed by atoms with Crippen LogP contribution in [0.25, 0.3) is 146 Å². The molecule has 8 heteroatoms. The lowest BCUT2D eigenvalue weighted by atomic mass is 9.95. The van der Waals surface area contributed by atoms with Crippen molar-refractivity contribution in [2.75, 3.05) is 0 Å². The van der Waals surface area contributed by atoms with E-state index in [-0.39, 0.29) is 0 Å². The fourth-order valence-electron chi connectivity index (χ4n) is 12.0. The molecule has 0 saturated heterocycles. The predicted molar refractivity (Wildman–Crippen MR) is 344 cm³/mol. The molecule has 0 amide bonds. The number of hydrogen-bond acceptors (Lipinski definition) is 6. The van der Waals surface area contributed by atoms with Gasteiger partial charge in [0.25, 0.3) is 0 Å². The SMILES string of the molecule is Cc1ccc2c(c1)c1cc(C)ccc1n2-c1cc(-c2nc(-c3ccccc3)nc(-c3ccccc3)n2)ccc1-c1cccc(-c2ccc(-c3nc(-c4ccccc4)nc(-c4ccccc4)n3)cc2-n2c3ccc(C)cc3c3cc(C)ccc32)c1. The van der Waals surface area contributed by atoms with E-state index < -0.39 is 0 Å². The van der Waals surface area contributed by atoms with Crippen molar-refractivity contribution in [2.24, 2.45) is 0 Å². The summed E-state index contributed by atoms with van der Waals surface area (Å²) in [5, 5.41) is 4.79. The molecule has 0 aliphatic rings. The van der Waals surface area contributed by atoms with Crippen molar-refractivity contribution >= 4 is 43.6 Å². The smallest absolute Gasteiger partial charge is 0.164 e. The second-order valence-electron chi connectivity index (χ2n) is 21.9. The van der Waals surface area contributed by atoms with Gasteiger partial charge in [-0.25, -0.2) is 29.9 Å². The standard InChI is InChI=1S/C76H54N8/c1-47-28-36-65-61(40-47)62-41-48(2)29-37-66(62)83(65)69-45-57(75-79-71(51-18-9-5-10-19-51)77-72(80-75)52-20-11-6-12-21-52)32-34-59(69)55-26-17-27-56(44-55)60-35-33-58(46-70(60)84-67-38-30-49(3)42-63(67)64-43-50(4)31-39-68(64)84)76-81-73(53-22-13-7-14-23-53)78-74(82-76)54-24-15-8-16-25-54/h5-46H,1-4H3. The molecule has 4 heterocycles. The van der Waals surface area contributed by atoms with Crippen molar-refractivity contribution in [2.45, 2.75) is 27.7 Å². The van der Waals surface area contributed by atoms with Crippen molar-refractivity contribution in [1.29, 1.82) is 0 Å². The summed E-state index contributed by atoms with van der Waals surface area (Å²) in [7, 11) is 0. The summed E-state index contributed by atoms with van der Waals surface area (Å²) in [6, 6.07) is 90.1. The van der Waals surface area contributed by atoms with Gasteiger partial charge in [0.1, 0.15) is 0 Å². The molecule has 8 nitrogen and oxygen atoms in total. The number of aromatic nitrogens is 8. The molecule has 398 valence electrons. The van der Waals surface area contributed by atoms with Crippen LogP contribution in [0.4, 0.5) is 0 Å². The van der Waals surface area contributed by atoms with Crippen LogP contribution in [-0.2, 0) is 0 Å². The first-order valence-corrected chi connectivity index (χ1v) is 28.4. The molecule has 0 atom stereocenters. The molecule has 4 aromatic heterocycles. The first kappa shape index (κ1) is 50.0. The van der Waals surface area contributed by atoms with Crippen LogP contribution >= 0.6 is 0 Å². The number of aryl methyl sites for hydroxylation is 4. The Hall–Kier alpha value is -11.0. The number of nitrogens with zero attached hydrogens (tertiary/aromatic N) is 8. The summed E-state index contributed by atoms with van der Waals surface area (Å²) in [4.78, 5) is 31.1. The predicted octanol–water partition coefficient (Wildman–Crippen LogP) is 18.8. The minimum atomic E-state index is 0.586. The molecule has 0 aliphatic carbocycles. The van der Waals surface area contributed by atoms with Gasteiger partial charge in [-0.05, 0) is 106 Å². The third-order valence-electron chi connectivity index (χ3n) is 16.0. The molecule has 0 fully saturated rings. The van der Waals surface area contributed by atoms with E-state index in [2.05, 4.69) is 219 Å². The van der Waals surface area contributed by atoms with E-state index in [9.17, 15) is 0 Å². The number of rotatable bonds is 10. The summed E-state index contributed by atoms with van der Waals surface area (Å²) in [5.41, 5.74) is 20.9. The lowest BCUT2D eigenvalue weighted by molar-refractivity contribution is 1.07. The summed E-state index contributed by atoms with van der Waals surface area (Å²) in [5.74, 6) is 3.62. The van der Waals surface area contributed by atoms with Crippen LogP contribution in [0.15, 0.2) is 255 Å². The Kier molecular flexibility index (Phi) is 12.2. The van der Waals surface area contributed by atoms with Crippen LogP contribution in [-0.4, -0.2) is 39.0 Å². The maximum atomic E-state index is 5.24. The highest BCUT2D eigenvalue weighted by atomic mass is 15.1. The van der Waals surface area contributed by atoms with Crippen molar-refractivity contribution < 1.29 is 0 Å². The number of benzene rings is 11. The first-order chi connectivity index (χ1) is 41.2. The maximum Gasteiger partial charge on any atom is 0.164 e. The van der Waals surface area contributed by atoms with E-state index in [4.69, 9.17) is 29.9 Å². The average molecular weight is 1080 g/mol. The Balaban J connectivity index is 0.968. The number of fused-ring (bicyclic) bond motifs is 6. The van der Waals surface area contributed by atoms with E-state index >= 15 is 0 Å². The Morgan fingerprint density at radius 2 is 0.476 bits per heavy atom. The normalized spacial score (nSPS) is 11.6. The highest BCUT2D eigenvalue weighted by molar-refractivity contribution is 6.12. The second-order valence-corrected chi connectivity index (χ2v) is 21.9. The fourth-order valence-corrected chi connectivity index (χ4v) is 12.0. The fraction of sp³-hybridized carbons (Fsp3) is 0.0526. The second kappa shape index (κ2) is 20.5. The molecular weight excluding hydrogens is 1020 g/mol. The molecule has 0 bridgehead atoms. The topological polar surface area (TPSA) is 87.2 Å². The van der Waals surface area contributed by atoms with Gasteiger partial charge in [-0.1, -0.05) is 210 Å². The van der Waals surface area contributed by atoms with E-state index in [1.807, 2.05) is 72.8 Å². The van der Waals surface area contributed by atoms with Gasteiger partial charge in [0, 0.05) is 66.1 Å². The molecule has 0 N–H and O–H groups in total. The summed E-state index contributed by atoms with van der Waals surface area (Å²) in [6.07, 6.45) is 0. The molecule has 0 aliphatic heterocycles. The molecule has 0 spiro atoms. The zero-order valence-electron chi connectivity index (χ0n) is 46.8. The van der Waals surface area contributed by atoms with Gasteiger partial charge in [0.15, 0.2) is 34.9 Å². The largest absolute Gasteiger partial charge is 0.309 e. The molecule has 84 heavy (non-hydrogen) atoms. The Labute approximate surface area is 486 Å². The van der Waals surface area contributed by atoms with Gasteiger partial charge < -0.3 is 9.13 Å². The van der Waals surface area contributed by atoms with Crippen molar-refractivity contribution in [3.63, 3.8) is 0 Å². The van der Waals surface area contributed by atoms with E-state index in [1.54, 1.807) is 0 Å². The average Bonchev–Trinajstić information content (AvgIpc) is 3.23. The van der Waals surface area contributed by atoms with Gasteiger partial charge in [0.2, 0.25) is 0 Å². The minimum Gasteiger partial charge on any atom is -0.309 e. The summed E-state index contributed by atoms with van der Waals surface area (Å²) < 4.78 is 4.85. The van der Waals surface area contributed by atoms with Crippen LogP contribution in [0.3, 0.4) is 0 Å². The lowest BCUT2D eigenvalue weighted by Crippen LogP contribution is -2.03. The molecule has 11 aromatic carbocycles. The zero-order chi connectivity index (χ0) is 56.4. The maximum absolute atomic E-state index is 5.24. The molecule has 15 rings (SSSR count).